The molecule has 0 aliphatic heterocycles. The van der Waals surface area contributed by atoms with E-state index in [9.17, 15) is 5.11 Å². The van der Waals surface area contributed by atoms with Crippen LogP contribution in [0.2, 0.25) is 0 Å². The predicted molar refractivity (Wildman–Crippen MR) is 50.7 cm³/mol. The molecule has 0 heterocycles. The first-order valence-corrected chi connectivity index (χ1v) is 4.15. The average molecular weight is 163 g/mol. The van der Waals surface area contributed by atoms with Crippen molar-refractivity contribution < 1.29 is 5.11 Å². The quantitative estimate of drug-likeness (QED) is 0.709. The van der Waals surface area contributed by atoms with Gasteiger partial charge in [0, 0.05) is 0 Å². The minimum atomic E-state index is -0.745. The van der Waals surface area contributed by atoms with Crippen LogP contribution in [0.15, 0.2) is 24.3 Å². The van der Waals surface area contributed by atoms with Crippen molar-refractivity contribution in [1.82, 2.24) is 0 Å². The maximum atomic E-state index is 9.69. The molecule has 0 amide bonds. The second-order valence-corrected chi connectivity index (χ2v) is 3.51. The van der Waals surface area contributed by atoms with Crippen molar-refractivity contribution in [3.05, 3.63) is 42.3 Å². The Kier molecular flexibility index (Phi) is 2.53. The van der Waals surface area contributed by atoms with E-state index < -0.39 is 5.60 Å². The Morgan fingerprint density at radius 2 is 2.08 bits per heavy atom. The van der Waals surface area contributed by atoms with Crippen molar-refractivity contribution in [3.63, 3.8) is 0 Å². The van der Waals surface area contributed by atoms with Gasteiger partial charge in [-0.25, -0.2) is 0 Å². The first-order chi connectivity index (χ1) is 5.54. The Hall–Kier alpha value is -0.820. The molecule has 0 spiro atoms. The molecule has 12 heavy (non-hydrogen) atoms. The maximum Gasteiger partial charge on any atom is 0.0840 e. The van der Waals surface area contributed by atoms with E-state index in [1.807, 2.05) is 24.3 Å². The zero-order chi connectivity index (χ0) is 9.19. The topological polar surface area (TPSA) is 20.2 Å². The van der Waals surface area contributed by atoms with Crippen LogP contribution in [0.1, 0.15) is 25.0 Å². The highest BCUT2D eigenvalue weighted by Gasteiger charge is 2.15. The Morgan fingerprint density at radius 3 is 2.58 bits per heavy atom. The highest BCUT2D eigenvalue weighted by molar-refractivity contribution is 5.27. The van der Waals surface area contributed by atoms with Gasteiger partial charge in [-0.1, -0.05) is 24.3 Å². The zero-order valence-corrected chi connectivity index (χ0v) is 7.67. The smallest absolute Gasteiger partial charge is 0.0840 e. The fourth-order valence-electron chi connectivity index (χ4n) is 1.11. The van der Waals surface area contributed by atoms with Gasteiger partial charge in [0.15, 0.2) is 0 Å². The maximum absolute atomic E-state index is 9.69. The lowest BCUT2D eigenvalue weighted by Crippen LogP contribution is -2.15. The van der Waals surface area contributed by atoms with E-state index >= 15 is 0 Å². The van der Waals surface area contributed by atoms with Crippen LogP contribution in [0.4, 0.5) is 0 Å². The highest BCUT2D eigenvalue weighted by Crippen LogP contribution is 2.20. The molecule has 0 aromatic heterocycles. The summed E-state index contributed by atoms with van der Waals surface area (Å²) in [6, 6.07) is 7.89. The fourth-order valence-corrected chi connectivity index (χ4v) is 1.11. The van der Waals surface area contributed by atoms with Crippen LogP contribution in [0, 0.1) is 6.92 Å². The predicted octanol–water partition coefficient (Wildman–Crippen LogP) is 2.29. The van der Waals surface area contributed by atoms with Crippen molar-refractivity contribution in [2.24, 2.45) is 0 Å². The molecule has 1 rings (SSSR count). The molecule has 0 saturated heterocycles. The molecule has 0 unspecified atom stereocenters. The molecule has 1 aromatic carbocycles. The van der Waals surface area contributed by atoms with Crippen molar-refractivity contribution in [1.29, 1.82) is 0 Å². The van der Waals surface area contributed by atoms with Gasteiger partial charge in [-0.2, -0.15) is 0 Å². The summed E-state index contributed by atoms with van der Waals surface area (Å²) in [4.78, 5) is 0. The lowest BCUT2D eigenvalue weighted by atomic mass is 9.96. The number of hydrogen-bond acceptors (Lipinski definition) is 1. The molecule has 0 aliphatic carbocycles. The van der Waals surface area contributed by atoms with E-state index in [0.29, 0.717) is 0 Å². The van der Waals surface area contributed by atoms with Gasteiger partial charge in [-0.3, -0.25) is 0 Å². The van der Waals surface area contributed by atoms with E-state index in [0.717, 1.165) is 17.5 Å². The van der Waals surface area contributed by atoms with E-state index in [-0.39, 0.29) is 0 Å². The summed E-state index contributed by atoms with van der Waals surface area (Å²) in [6.45, 7) is 7.37. The number of hydrogen-bond donors (Lipinski definition) is 1. The summed E-state index contributed by atoms with van der Waals surface area (Å²) >= 11 is 0. The van der Waals surface area contributed by atoms with Gasteiger partial charge < -0.3 is 5.11 Å². The molecule has 1 radical (unpaired) electrons. The van der Waals surface area contributed by atoms with Gasteiger partial charge in [-0.05, 0) is 38.3 Å². The number of aliphatic hydroxyl groups is 1. The molecular weight excluding hydrogens is 148 g/mol. The van der Waals surface area contributed by atoms with Gasteiger partial charge in [-0.15, -0.1) is 0 Å². The number of benzene rings is 1. The zero-order valence-electron chi connectivity index (χ0n) is 7.67. The van der Waals surface area contributed by atoms with E-state index in [2.05, 4.69) is 6.92 Å². The van der Waals surface area contributed by atoms with Gasteiger partial charge in [0.1, 0.15) is 0 Å². The van der Waals surface area contributed by atoms with Crippen molar-refractivity contribution in [2.45, 2.75) is 25.9 Å². The third-order valence-electron chi connectivity index (χ3n) is 1.92. The summed E-state index contributed by atoms with van der Waals surface area (Å²) in [5.41, 5.74) is 1.36. The second-order valence-electron chi connectivity index (χ2n) is 3.51. The van der Waals surface area contributed by atoms with Crippen molar-refractivity contribution >= 4 is 0 Å². The van der Waals surface area contributed by atoms with Crippen LogP contribution in [0.25, 0.3) is 0 Å². The third kappa shape index (κ3) is 2.08. The number of rotatable bonds is 2. The Balaban J connectivity index is 3.02. The molecule has 0 fully saturated rings. The Labute approximate surface area is 74.1 Å². The summed E-state index contributed by atoms with van der Waals surface area (Å²) in [6.07, 6.45) is 0.768. The second kappa shape index (κ2) is 3.28. The molecule has 1 heteroatoms. The van der Waals surface area contributed by atoms with Crippen LogP contribution < -0.4 is 0 Å². The van der Waals surface area contributed by atoms with E-state index in [4.69, 9.17) is 0 Å². The summed E-state index contributed by atoms with van der Waals surface area (Å²) in [7, 11) is 0. The molecule has 1 N–H and O–H groups in total. The average Bonchev–Trinajstić information content (AvgIpc) is 2.03. The Bertz CT molecular complexity index is 258. The molecule has 0 bridgehead atoms. The molecular formula is C11H15O. The van der Waals surface area contributed by atoms with E-state index in [1.54, 1.807) is 13.8 Å². The molecule has 1 aromatic rings. The minimum Gasteiger partial charge on any atom is -0.386 e. The van der Waals surface area contributed by atoms with Crippen molar-refractivity contribution in [2.75, 3.05) is 0 Å². The van der Waals surface area contributed by atoms with Gasteiger partial charge >= 0.3 is 0 Å². The molecule has 1 nitrogen and oxygen atoms in total. The normalized spacial score (nSPS) is 11.7. The van der Waals surface area contributed by atoms with E-state index in [1.165, 1.54) is 0 Å². The summed E-state index contributed by atoms with van der Waals surface area (Å²) in [5, 5.41) is 9.69. The first-order valence-electron chi connectivity index (χ1n) is 4.15. The summed E-state index contributed by atoms with van der Waals surface area (Å²) < 4.78 is 0. The SMILES string of the molecule is [CH2]Cc1cccc(C(C)(C)O)c1. The lowest BCUT2D eigenvalue weighted by molar-refractivity contribution is 0.0785. The molecule has 65 valence electrons. The van der Waals surface area contributed by atoms with Crippen LogP contribution in [0.5, 0.6) is 0 Å². The van der Waals surface area contributed by atoms with Crippen LogP contribution in [0.3, 0.4) is 0 Å². The molecule has 0 aliphatic rings. The van der Waals surface area contributed by atoms with Crippen LogP contribution in [-0.2, 0) is 12.0 Å². The highest BCUT2D eigenvalue weighted by atomic mass is 16.3. The van der Waals surface area contributed by atoms with Gasteiger partial charge in [0.25, 0.3) is 0 Å². The monoisotopic (exact) mass is 163 g/mol. The van der Waals surface area contributed by atoms with Crippen LogP contribution in [-0.4, -0.2) is 5.11 Å². The largest absolute Gasteiger partial charge is 0.386 e. The first kappa shape index (κ1) is 9.27. The molecule has 0 saturated carbocycles. The van der Waals surface area contributed by atoms with Gasteiger partial charge in [0.05, 0.1) is 5.60 Å². The fraction of sp³-hybridized carbons (Fsp3) is 0.364. The third-order valence-corrected chi connectivity index (χ3v) is 1.92. The Morgan fingerprint density at radius 1 is 1.42 bits per heavy atom. The molecule has 0 atom stereocenters. The van der Waals surface area contributed by atoms with Gasteiger partial charge in [0.2, 0.25) is 0 Å². The standard InChI is InChI=1S/C11H15O/c1-4-9-6-5-7-10(8-9)11(2,3)12/h5-8,12H,1,4H2,2-3H3. The lowest BCUT2D eigenvalue weighted by Gasteiger charge is -2.18. The van der Waals surface area contributed by atoms with Crippen molar-refractivity contribution in [3.8, 4) is 0 Å². The van der Waals surface area contributed by atoms with Crippen LogP contribution >= 0.6 is 0 Å². The summed E-state index contributed by atoms with van der Waals surface area (Å²) in [5.74, 6) is 0. The minimum absolute atomic E-state index is 0.745.